The van der Waals surface area contributed by atoms with Gasteiger partial charge in [-0.3, -0.25) is 4.57 Å². The smallest absolute Gasteiger partial charge is 0.355 e. The number of methoxy groups -OCH3 is 1. The molecule has 1 atom stereocenters. The van der Waals surface area contributed by atoms with Crippen molar-refractivity contribution in [2.75, 3.05) is 12.9 Å². The van der Waals surface area contributed by atoms with E-state index in [1.54, 1.807) is 6.33 Å². The fraction of sp³-hybridized carbons (Fsp3) is 0.286. The first kappa shape index (κ1) is 14.6. The molecule has 3 rings (SSSR count). The summed E-state index contributed by atoms with van der Waals surface area (Å²) in [6.45, 7) is 0. The zero-order chi connectivity index (χ0) is 15.4. The van der Waals surface area contributed by atoms with Gasteiger partial charge in [0.1, 0.15) is 12.4 Å². The summed E-state index contributed by atoms with van der Waals surface area (Å²) in [5.41, 5.74) is 1.31. The zero-order valence-corrected chi connectivity index (χ0v) is 12.7. The second-order valence-corrected chi connectivity index (χ2v) is 5.58. The molecule has 0 fully saturated rings. The van der Waals surface area contributed by atoms with E-state index in [2.05, 4.69) is 20.1 Å². The molecule has 114 valence electrons. The molecule has 0 saturated heterocycles. The largest absolute Gasteiger partial charge is 0.464 e. The van der Waals surface area contributed by atoms with Gasteiger partial charge < -0.3 is 9.57 Å². The number of rotatable bonds is 5. The molecule has 1 aliphatic heterocycles. The number of carbonyl (C=O) groups is 1. The Morgan fingerprint density at radius 3 is 3.05 bits per heavy atom. The van der Waals surface area contributed by atoms with Gasteiger partial charge in [-0.25, -0.2) is 4.79 Å². The lowest BCUT2D eigenvalue weighted by Gasteiger charge is -2.08. The fourth-order valence-corrected chi connectivity index (χ4v) is 2.92. The second kappa shape index (κ2) is 6.61. The van der Waals surface area contributed by atoms with Gasteiger partial charge in [0.25, 0.3) is 0 Å². The van der Waals surface area contributed by atoms with Gasteiger partial charge in [0.15, 0.2) is 10.9 Å². The summed E-state index contributed by atoms with van der Waals surface area (Å²) in [6, 6.07) is 9.84. The van der Waals surface area contributed by atoms with Gasteiger partial charge in [-0.15, -0.1) is 10.2 Å². The SMILES string of the molecule is COC(=O)C1=NOC(CSc2nncn2-c2ccccc2)C1. The zero-order valence-electron chi connectivity index (χ0n) is 11.9. The van der Waals surface area contributed by atoms with Gasteiger partial charge >= 0.3 is 5.97 Å². The number of hydrogen-bond acceptors (Lipinski definition) is 7. The van der Waals surface area contributed by atoms with E-state index in [1.807, 2.05) is 34.9 Å². The van der Waals surface area contributed by atoms with Crippen LogP contribution in [0.15, 0.2) is 47.0 Å². The third kappa shape index (κ3) is 3.11. The van der Waals surface area contributed by atoms with Crippen LogP contribution in [0.3, 0.4) is 0 Å². The number of para-hydroxylation sites is 1. The van der Waals surface area contributed by atoms with Crippen molar-refractivity contribution in [3.63, 3.8) is 0 Å². The Hall–Kier alpha value is -2.35. The van der Waals surface area contributed by atoms with Crippen LogP contribution in [0.2, 0.25) is 0 Å². The Balaban J connectivity index is 1.60. The number of esters is 1. The van der Waals surface area contributed by atoms with Crippen molar-refractivity contribution in [3.8, 4) is 5.69 Å². The molecule has 0 aliphatic carbocycles. The van der Waals surface area contributed by atoms with E-state index in [4.69, 9.17) is 4.84 Å². The van der Waals surface area contributed by atoms with Gasteiger partial charge in [0.05, 0.1) is 7.11 Å². The Kier molecular flexibility index (Phi) is 4.38. The summed E-state index contributed by atoms with van der Waals surface area (Å²) in [5, 5.41) is 12.6. The first-order valence-corrected chi connectivity index (χ1v) is 7.65. The minimum Gasteiger partial charge on any atom is -0.464 e. The minimum atomic E-state index is -0.444. The predicted octanol–water partition coefficient (Wildman–Crippen LogP) is 1.68. The van der Waals surface area contributed by atoms with Gasteiger partial charge in [0, 0.05) is 17.9 Å². The molecule has 0 N–H and O–H groups in total. The normalized spacial score (nSPS) is 17.0. The van der Waals surface area contributed by atoms with Crippen molar-refractivity contribution < 1.29 is 14.4 Å². The molecular formula is C14H14N4O3S. The number of aromatic nitrogens is 3. The molecular weight excluding hydrogens is 304 g/mol. The topological polar surface area (TPSA) is 78.6 Å². The fourth-order valence-electron chi connectivity index (χ4n) is 2.01. The van der Waals surface area contributed by atoms with Crippen molar-refractivity contribution in [2.45, 2.75) is 17.7 Å². The molecule has 22 heavy (non-hydrogen) atoms. The van der Waals surface area contributed by atoms with Crippen LogP contribution in [0.1, 0.15) is 6.42 Å². The van der Waals surface area contributed by atoms with E-state index in [-0.39, 0.29) is 6.10 Å². The number of thioether (sulfide) groups is 1. The Morgan fingerprint density at radius 2 is 2.27 bits per heavy atom. The minimum absolute atomic E-state index is 0.167. The number of nitrogens with zero attached hydrogens (tertiary/aromatic N) is 4. The average molecular weight is 318 g/mol. The highest BCUT2D eigenvalue weighted by molar-refractivity contribution is 7.99. The Morgan fingerprint density at radius 1 is 1.45 bits per heavy atom. The van der Waals surface area contributed by atoms with Crippen molar-refractivity contribution in [2.24, 2.45) is 5.16 Å². The van der Waals surface area contributed by atoms with Crippen LogP contribution in [0.5, 0.6) is 0 Å². The van der Waals surface area contributed by atoms with Crippen LogP contribution in [0, 0.1) is 0 Å². The molecule has 0 radical (unpaired) electrons. The summed E-state index contributed by atoms with van der Waals surface area (Å²) in [5.74, 6) is 0.176. The number of carbonyl (C=O) groups excluding carboxylic acids is 1. The quantitative estimate of drug-likeness (QED) is 0.616. The van der Waals surface area contributed by atoms with Gasteiger partial charge in [0.2, 0.25) is 0 Å². The Labute approximate surface area is 131 Å². The number of hydrogen-bond donors (Lipinski definition) is 0. The summed E-state index contributed by atoms with van der Waals surface area (Å²) in [7, 11) is 1.33. The van der Waals surface area contributed by atoms with Crippen LogP contribution < -0.4 is 0 Å². The lowest BCUT2D eigenvalue weighted by molar-refractivity contribution is -0.132. The van der Waals surface area contributed by atoms with Crippen LogP contribution in [0.4, 0.5) is 0 Å². The van der Waals surface area contributed by atoms with Gasteiger partial charge in [-0.05, 0) is 12.1 Å². The molecule has 7 nitrogen and oxygen atoms in total. The van der Waals surface area contributed by atoms with Crippen molar-refractivity contribution in [1.82, 2.24) is 14.8 Å². The lowest BCUT2D eigenvalue weighted by atomic mass is 10.2. The maximum absolute atomic E-state index is 11.4. The summed E-state index contributed by atoms with van der Waals surface area (Å²) < 4.78 is 6.53. The van der Waals surface area contributed by atoms with Gasteiger partial charge in [-0.2, -0.15) is 0 Å². The number of oxime groups is 1. The van der Waals surface area contributed by atoms with Crippen LogP contribution in [-0.2, 0) is 14.4 Å². The van der Waals surface area contributed by atoms with Crippen LogP contribution >= 0.6 is 11.8 Å². The molecule has 0 amide bonds. The number of ether oxygens (including phenoxy) is 1. The summed E-state index contributed by atoms with van der Waals surface area (Å²) >= 11 is 1.51. The first-order valence-electron chi connectivity index (χ1n) is 6.67. The van der Waals surface area contributed by atoms with E-state index < -0.39 is 5.97 Å². The molecule has 0 bridgehead atoms. The lowest BCUT2D eigenvalue weighted by Crippen LogP contribution is -2.18. The van der Waals surface area contributed by atoms with Crippen LogP contribution in [0.25, 0.3) is 5.69 Å². The van der Waals surface area contributed by atoms with E-state index in [9.17, 15) is 4.79 Å². The molecule has 2 aromatic rings. The third-order valence-electron chi connectivity index (χ3n) is 3.10. The molecule has 8 heteroatoms. The Bertz CT molecular complexity index is 686. The third-order valence-corrected chi connectivity index (χ3v) is 4.18. The molecule has 2 heterocycles. The second-order valence-electron chi connectivity index (χ2n) is 4.59. The monoisotopic (exact) mass is 318 g/mol. The molecule has 1 aliphatic rings. The van der Waals surface area contributed by atoms with E-state index in [0.717, 1.165) is 10.8 Å². The highest BCUT2D eigenvalue weighted by atomic mass is 32.2. The maximum Gasteiger partial charge on any atom is 0.355 e. The maximum atomic E-state index is 11.4. The van der Waals surface area contributed by atoms with E-state index in [1.165, 1.54) is 18.9 Å². The number of benzene rings is 1. The highest BCUT2D eigenvalue weighted by Crippen LogP contribution is 2.23. The highest BCUT2D eigenvalue weighted by Gasteiger charge is 2.27. The van der Waals surface area contributed by atoms with Crippen molar-refractivity contribution in [3.05, 3.63) is 36.7 Å². The van der Waals surface area contributed by atoms with Crippen molar-refractivity contribution in [1.29, 1.82) is 0 Å². The predicted molar refractivity (Wildman–Crippen MR) is 81.0 cm³/mol. The van der Waals surface area contributed by atoms with E-state index >= 15 is 0 Å². The summed E-state index contributed by atoms with van der Waals surface area (Å²) in [4.78, 5) is 16.6. The molecule has 1 aromatic carbocycles. The van der Waals surface area contributed by atoms with Gasteiger partial charge in [-0.1, -0.05) is 35.1 Å². The molecule has 0 spiro atoms. The first-order chi connectivity index (χ1) is 10.8. The van der Waals surface area contributed by atoms with Crippen molar-refractivity contribution >= 4 is 23.4 Å². The molecule has 1 unspecified atom stereocenters. The van der Waals surface area contributed by atoms with Crippen LogP contribution in [-0.4, -0.2) is 45.4 Å². The standard InChI is InChI=1S/C14H14N4O3S/c1-20-13(19)12-7-11(21-17-12)8-22-14-16-15-9-18(14)10-5-3-2-4-6-10/h2-6,9,11H,7-8H2,1H3. The average Bonchev–Trinajstić information content (AvgIpc) is 3.22. The molecule has 1 aromatic heterocycles. The molecule has 0 saturated carbocycles. The summed E-state index contributed by atoms with van der Waals surface area (Å²) in [6.07, 6.45) is 1.95. The van der Waals surface area contributed by atoms with E-state index in [0.29, 0.717) is 17.9 Å².